The SMILES string of the molecule is CN(C)c1ccc(NC(=O)CC2CC3CCC(C2)N3)nc1.Cl.Cl. The van der Waals surface area contributed by atoms with Crippen molar-refractivity contribution in [2.75, 3.05) is 24.3 Å². The van der Waals surface area contributed by atoms with E-state index in [1.807, 2.05) is 31.1 Å². The van der Waals surface area contributed by atoms with Crippen LogP contribution in [0.25, 0.3) is 0 Å². The number of nitrogens with one attached hydrogen (secondary N) is 2. The molecule has 1 aromatic heterocycles. The first-order valence-electron chi connectivity index (χ1n) is 7.79. The number of halogens is 2. The highest BCUT2D eigenvalue weighted by Crippen LogP contribution is 2.32. The van der Waals surface area contributed by atoms with Gasteiger partial charge in [-0.05, 0) is 43.7 Å². The molecule has 2 N–H and O–H groups in total. The normalized spacial score (nSPS) is 25.0. The van der Waals surface area contributed by atoms with Crippen LogP contribution in [0.15, 0.2) is 18.3 Å². The number of nitrogens with zero attached hydrogens (tertiary/aromatic N) is 2. The van der Waals surface area contributed by atoms with Crippen LogP contribution in [0, 0.1) is 5.92 Å². The molecular formula is C16H26Cl2N4O. The zero-order valence-corrected chi connectivity index (χ0v) is 15.3. The lowest BCUT2D eigenvalue weighted by Gasteiger charge is -2.28. The lowest BCUT2D eigenvalue weighted by molar-refractivity contribution is -0.117. The van der Waals surface area contributed by atoms with E-state index < -0.39 is 0 Å². The number of rotatable bonds is 4. The molecule has 0 aliphatic carbocycles. The van der Waals surface area contributed by atoms with E-state index in [2.05, 4.69) is 15.6 Å². The van der Waals surface area contributed by atoms with Crippen LogP contribution in [0.3, 0.4) is 0 Å². The first-order valence-corrected chi connectivity index (χ1v) is 7.79. The number of aromatic nitrogens is 1. The lowest BCUT2D eigenvalue weighted by atomic mass is 9.89. The van der Waals surface area contributed by atoms with E-state index in [1.54, 1.807) is 6.20 Å². The van der Waals surface area contributed by atoms with Crippen molar-refractivity contribution in [2.24, 2.45) is 5.92 Å². The van der Waals surface area contributed by atoms with Gasteiger partial charge in [-0.3, -0.25) is 4.79 Å². The third-order valence-electron chi connectivity index (χ3n) is 4.58. The summed E-state index contributed by atoms with van der Waals surface area (Å²) in [6.45, 7) is 0. The molecule has 0 saturated carbocycles. The molecule has 3 rings (SSSR count). The van der Waals surface area contributed by atoms with Gasteiger partial charge in [0.15, 0.2) is 0 Å². The predicted octanol–water partition coefficient (Wildman–Crippen LogP) is 2.85. The van der Waals surface area contributed by atoms with Crippen LogP contribution in [-0.4, -0.2) is 37.1 Å². The van der Waals surface area contributed by atoms with Gasteiger partial charge in [0.2, 0.25) is 5.91 Å². The Bertz CT molecular complexity index is 497. The first-order chi connectivity index (χ1) is 10.1. The molecule has 2 unspecified atom stereocenters. The maximum absolute atomic E-state index is 12.2. The molecule has 2 fully saturated rings. The Hall–Kier alpha value is -1.04. The predicted molar refractivity (Wildman–Crippen MR) is 99.0 cm³/mol. The summed E-state index contributed by atoms with van der Waals surface area (Å²) in [5.41, 5.74) is 1.03. The molecule has 130 valence electrons. The minimum atomic E-state index is 0. The van der Waals surface area contributed by atoms with Gasteiger partial charge in [0.25, 0.3) is 0 Å². The number of amides is 1. The molecule has 5 nitrogen and oxygen atoms in total. The molecular weight excluding hydrogens is 335 g/mol. The van der Waals surface area contributed by atoms with E-state index >= 15 is 0 Å². The van der Waals surface area contributed by atoms with Gasteiger partial charge in [-0.2, -0.15) is 0 Å². The second-order valence-electron chi connectivity index (χ2n) is 6.52. The molecule has 2 atom stereocenters. The van der Waals surface area contributed by atoms with Gasteiger partial charge < -0.3 is 15.5 Å². The molecule has 3 heterocycles. The van der Waals surface area contributed by atoms with Crippen LogP contribution in [0.1, 0.15) is 32.1 Å². The highest BCUT2D eigenvalue weighted by molar-refractivity contribution is 5.90. The summed E-state index contributed by atoms with van der Waals surface area (Å²) in [6, 6.07) is 5.10. The number of hydrogen-bond acceptors (Lipinski definition) is 4. The van der Waals surface area contributed by atoms with E-state index in [0.29, 0.717) is 30.2 Å². The van der Waals surface area contributed by atoms with Gasteiger partial charge in [-0.25, -0.2) is 4.98 Å². The largest absolute Gasteiger partial charge is 0.376 e. The van der Waals surface area contributed by atoms with Gasteiger partial charge in [0.1, 0.15) is 5.82 Å². The average molecular weight is 361 g/mol. The van der Waals surface area contributed by atoms with Crippen LogP contribution in [0.4, 0.5) is 11.5 Å². The van der Waals surface area contributed by atoms with Crippen molar-refractivity contribution >= 4 is 42.2 Å². The molecule has 1 amide bonds. The number of carbonyl (C=O) groups is 1. The van der Waals surface area contributed by atoms with Gasteiger partial charge in [-0.15, -0.1) is 24.8 Å². The van der Waals surface area contributed by atoms with Gasteiger partial charge >= 0.3 is 0 Å². The molecule has 0 aromatic carbocycles. The molecule has 2 aliphatic heterocycles. The minimum absolute atomic E-state index is 0. The second-order valence-corrected chi connectivity index (χ2v) is 6.52. The fourth-order valence-electron chi connectivity index (χ4n) is 3.52. The first kappa shape index (κ1) is 20.0. The molecule has 0 spiro atoms. The monoisotopic (exact) mass is 360 g/mol. The topological polar surface area (TPSA) is 57.3 Å². The quantitative estimate of drug-likeness (QED) is 0.866. The zero-order valence-electron chi connectivity index (χ0n) is 13.6. The molecule has 2 aliphatic rings. The van der Waals surface area contributed by atoms with Gasteiger partial charge in [-0.1, -0.05) is 0 Å². The Morgan fingerprint density at radius 3 is 2.43 bits per heavy atom. The Morgan fingerprint density at radius 2 is 1.91 bits per heavy atom. The molecule has 1 aromatic rings. The zero-order chi connectivity index (χ0) is 14.8. The van der Waals surface area contributed by atoms with E-state index in [4.69, 9.17) is 0 Å². The van der Waals surface area contributed by atoms with Crippen LogP contribution in [0.2, 0.25) is 0 Å². The van der Waals surface area contributed by atoms with E-state index in [-0.39, 0.29) is 30.7 Å². The summed E-state index contributed by atoms with van der Waals surface area (Å²) in [6.07, 6.45) is 7.21. The maximum atomic E-state index is 12.2. The van der Waals surface area contributed by atoms with Crippen LogP contribution in [-0.2, 0) is 4.79 Å². The molecule has 7 heteroatoms. The molecule has 2 saturated heterocycles. The summed E-state index contributed by atoms with van der Waals surface area (Å²) >= 11 is 0. The summed E-state index contributed by atoms with van der Waals surface area (Å²) in [5, 5.41) is 6.53. The Labute approximate surface area is 150 Å². The molecule has 23 heavy (non-hydrogen) atoms. The summed E-state index contributed by atoms with van der Waals surface area (Å²) in [7, 11) is 3.95. The van der Waals surface area contributed by atoms with Crippen molar-refractivity contribution in [1.82, 2.24) is 10.3 Å². The number of hydrogen-bond donors (Lipinski definition) is 2. The highest BCUT2D eigenvalue weighted by Gasteiger charge is 2.34. The third-order valence-corrected chi connectivity index (χ3v) is 4.58. The third kappa shape index (κ3) is 5.23. The Balaban J connectivity index is 0.00000132. The van der Waals surface area contributed by atoms with Crippen molar-refractivity contribution in [1.29, 1.82) is 0 Å². The van der Waals surface area contributed by atoms with Crippen LogP contribution in [0.5, 0.6) is 0 Å². The molecule has 0 radical (unpaired) electrons. The average Bonchev–Trinajstić information content (AvgIpc) is 2.78. The number of piperidine rings is 1. The number of pyridine rings is 1. The number of fused-ring (bicyclic) bond motifs is 2. The Morgan fingerprint density at radius 1 is 1.26 bits per heavy atom. The highest BCUT2D eigenvalue weighted by atomic mass is 35.5. The summed E-state index contributed by atoms with van der Waals surface area (Å²) in [5.74, 6) is 1.25. The fraction of sp³-hybridized carbons (Fsp3) is 0.625. The fourth-order valence-corrected chi connectivity index (χ4v) is 3.52. The lowest BCUT2D eigenvalue weighted by Crippen LogP contribution is -2.39. The van der Waals surface area contributed by atoms with Crippen LogP contribution >= 0.6 is 24.8 Å². The van der Waals surface area contributed by atoms with E-state index in [1.165, 1.54) is 12.8 Å². The summed E-state index contributed by atoms with van der Waals surface area (Å²) in [4.78, 5) is 18.4. The molecule has 2 bridgehead atoms. The van der Waals surface area contributed by atoms with Crippen LogP contribution < -0.4 is 15.5 Å². The van der Waals surface area contributed by atoms with Gasteiger partial charge in [0.05, 0.1) is 11.9 Å². The summed E-state index contributed by atoms with van der Waals surface area (Å²) < 4.78 is 0. The van der Waals surface area contributed by atoms with Gasteiger partial charge in [0, 0.05) is 32.6 Å². The minimum Gasteiger partial charge on any atom is -0.376 e. The number of carbonyl (C=O) groups excluding carboxylic acids is 1. The van der Waals surface area contributed by atoms with Crippen molar-refractivity contribution in [3.8, 4) is 0 Å². The van der Waals surface area contributed by atoms with E-state index in [0.717, 1.165) is 18.5 Å². The van der Waals surface area contributed by atoms with Crippen molar-refractivity contribution in [3.05, 3.63) is 18.3 Å². The van der Waals surface area contributed by atoms with Crippen molar-refractivity contribution in [3.63, 3.8) is 0 Å². The standard InChI is InChI=1S/C16H24N4O.2ClH/c1-20(2)14-5-6-15(17-10-14)19-16(21)9-11-7-12-3-4-13(8-11)18-12;;/h5-6,10-13,18H,3-4,7-9H2,1-2H3,(H,17,19,21);2*1H. The maximum Gasteiger partial charge on any atom is 0.225 e. The van der Waals surface area contributed by atoms with E-state index in [9.17, 15) is 4.79 Å². The van der Waals surface area contributed by atoms with Crippen molar-refractivity contribution < 1.29 is 4.79 Å². The second kappa shape index (κ2) is 8.71. The van der Waals surface area contributed by atoms with Crippen molar-refractivity contribution in [2.45, 2.75) is 44.2 Å². The smallest absolute Gasteiger partial charge is 0.225 e. The number of anilines is 2. The Kier molecular flexibility index (Phi) is 7.58.